The van der Waals surface area contributed by atoms with E-state index >= 15 is 0 Å². The molecule has 0 amide bonds. The van der Waals surface area contributed by atoms with Crippen molar-refractivity contribution >= 4 is 78.4 Å². The molecule has 1 aromatic carbocycles. The molecule has 68 valence electrons. The van der Waals surface area contributed by atoms with E-state index in [0.717, 1.165) is 0 Å². The summed E-state index contributed by atoms with van der Waals surface area (Å²) >= 11 is 8.58. The van der Waals surface area contributed by atoms with Gasteiger partial charge in [-0.1, -0.05) is 12.1 Å². The normalized spacial score (nSPS) is 11.0. The van der Waals surface area contributed by atoms with Crippen LogP contribution in [0.15, 0.2) is 22.4 Å². The molecular formula is C9H6I2S2. The zero-order valence-corrected chi connectivity index (χ0v) is 12.8. The number of rotatable bonds is 1. The highest BCUT2D eigenvalue weighted by atomic mass is 127. The van der Waals surface area contributed by atoms with Gasteiger partial charge < -0.3 is 0 Å². The Balaban J connectivity index is 2.83. The third kappa shape index (κ3) is 1.87. The van der Waals surface area contributed by atoms with Crippen molar-refractivity contribution in [2.75, 3.05) is 6.26 Å². The van der Waals surface area contributed by atoms with Crippen molar-refractivity contribution in [3.8, 4) is 0 Å². The second kappa shape index (κ2) is 4.24. The molecule has 0 saturated carbocycles. The number of thiophene rings is 1. The molecule has 0 N–H and O–H groups in total. The van der Waals surface area contributed by atoms with Gasteiger partial charge in [0.15, 0.2) is 0 Å². The van der Waals surface area contributed by atoms with Crippen LogP contribution < -0.4 is 0 Å². The highest BCUT2D eigenvalue weighted by molar-refractivity contribution is 14.1. The van der Waals surface area contributed by atoms with Crippen LogP contribution in [0.2, 0.25) is 0 Å². The molecule has 0 unspecified atom stereocenters. The number of hydrogen-bond donors (Lipinski definition) is 0. The van der Waals surface area contributed by atoms with Gasteiger partial charge >= 0.3 is 0 Å². The van der Waals surface area contributed by atoms with Crippen LogP contribution >= 0.6 is 68.3 Å². The highest BCUT2D eigenvalue weighted by Gasteiger charge is 2.09. The molecule has 13 heavy (non-hydrogen) atoms. The maximum absolute atomic E-state index is 2.44. The third-order valence-corrected chi connectivity index (χ3v) is 7.24. The zero-order chi connectivity index (χ0) is 9.42. The lowest BCUT2D eigenvalue weighted by atomic mass is 10.3. The van der Waals surface area contributed by atoms with Gasteiger partial charge in [-0.15, -0.1) is 23.1 Å². The fraction of sp³-hybridized carbons (Fsp3) is 0.111. The summed E-state index contributed by atoms with van der Waals surface area (Å²) in [4.78, 5) is 0. The van der Waals surface area contributed by atoms with Crippen molar-refractivity contribution in [3.05, 3.63) is 25.3 Å². The summed E-state index contributed by atoms with van der Waals surface area (Å²) in [5.74, 6) is 0. The average molecular weight is 432 g/mol. The summed E-state index contributed by atoms with van der Waals surface area (Å²) in [6.45, 7) is 0. The molecule has 1 heterocycles. The molecule has 0 radical (unpaired) electrons. The number of halogens is 2. The largest absolute Gasteiger partial charge is 0.127 e. The molecule has 2 aromatic rings. The van der Waals surface area contributed by atoms with Gasteiger partial charge in [0.05, 0.1) is 4.21 Å². The van der Waals surface area contributed by atoms with Gasteiger partial charge in [0.1, 0.15) is 0 Å². The van der Waals surface area contributed by atoms with Gasteiger partial charge in [-0.2, -0.15) is 0 Å². The van der Waals surface area contributed by atoms with Gasteiger partial charge in [0, 0.05) is 17.2 Å². The predicted molar refractivity (Wildman–Crippen MR) is 79.0 cm³/mol. The van der Waals surface area contributed by atoms with E-state index in [1.807, 2.05) is 23.1 Å². The molecule has 0 fully saturated rings. The molecule has 0 atom stereocenters. The Morgan fingerprint density at radius 3 is 2.69 bits per heavy atom. The quantitative estimate of drug-likeness (QED) is 0.460. The Hall–Kier alpha value is 0.990. The van der Waals surface area contributed by atoms with Crippen LogP contribution in [0.25, 0.3) is 10.1 Å². The first-order valence-corrected chi connectivity index (χ1v) is 7.84. The van der Waals surface area contributed by atoms with Crippen molar-refractivity contribution in [1.29, 1.82) is 0 Å². The molecule has 1 aromatic heterocycles. The van der Waals surface area contributed by atoms with Gasteiger partial charge in [-0.05, 0) is 57.5 Å². The Labute approximate surface area is 113 Å². The summed E-state index contributed by atoms with van der Waals surface area (Å²) in [5, 5.41) is 1.40. The Morgan fingerprint density at radius 2 is 2.08 bits per heavy atom. The molecule has 4 heteroatoms. The van der Waals surface area contributed by atoms with E-state index < -0.39 is 0 Å². The van der Waals surface area contributed by atoms with Crippen molar-refractivity contribution in [3.63, 3.8) is 0 Å². The first kappa shape index (κ1) is 10.5. The first-order valence-electron chi connectivity index (χ1n) is 3.64. The number of fused-ring (bicyclic) bond motifs is 1. The second-order valence-electron chi connectivity index (χ2n) is 2.52. The van der Waals surface area contributed by atoms with Crippen molar-refractivity contribution in [2.45, 2.75) is 4.21 Å². The van der Waals surface area contributed by atoms with E-state index in [1.54, 1.807) is 0 Å². The molecular weight excluding hydrogens is 426 g/mol. The summed E-state index contributed by atoms with van der Waals surface area (Å²) in [6.07, 6.45) is 2.14. The lowest BCUT2D eigenvalue weighted by molar-refractivity contribution is 1.67. The Kier molecular flexibility index (Phi) is 3.43. The van der Waals surface area contributed by atoms with Gasteiger partial charge in [0.25, 0.3) is 0 Å². The number of benzene rings is 1. The molecule has 2 rings (SSSR count). The van der Waals surface area contributed by atoms with Crippen LogP contribution in [0.4, 0.5) is 0 Å². The minimum absolute atomic E-state index is 1.36. The lowest BCUT2D eigenvalue weighted by Gasteiger charge is -1.91. The van der Waals surface area contributed by atoms with Crippen molar-refractivity contribution < 1.29 is 0 Å². The summed E-state index contributed by atoms with van der Waals surface area (Å²) in [7, 11) is 0. The van der Waals surface area contributed by atoms with Crippen LogP contribution in [0.3, 0.4) is 0 Å². The maximum atomic E-state index is 2.44. The molecule has 0 aliphatic heterocycles. The molecule has 0 spiro atoms. The first-order chi connectivity index (χ1) is 6.24. The second-order valence-corrected chi connectivity index (χ2v) is 6.86. The smallest absolute Gasteiger partial charge is 0.0742 e. The Morgan fingerprint density at radius 1 is 1.31 bits per heavy atom. The topological polar surface area (TPSA) is 0 Å². The van der Waals surface area contributed by atoms with E-state index in [0.29, 0.717) is 0 Å². The molecule has 0 nitrogen and oxygen atoms in total. The number of thioether (sulfide) groups is 1. The van der Waals surface area contributed by atoms with Crippen molar-refractivity contribution in [1.82, 2.24) is 0 Å². The fourth-order valence-corrected chi connectivity index (χ4v) is 5.32. The Bertz CT molecular complexity index is 448. The maximum Gasteiger partial charge on any atom is 0.0742 e. The predicted octanol–water partition coefficient (Wildman–Crippen LogP) is 4.83. The third-order valence-electron chi connectivity index (χ3n) is 1.76. The minimum Gasteiger partial charge on any atom is -0.127 e. The standard InChI is InChI=1S/C9H6I2S2/c1-12-9-7(11)5-3-2-4-6(10)8(5)13-9/h2-4H,1H3. The van der Waals surface area contributed by atoms with Crippen molar-refractivity contribution in [2.24, 2.45) is 0 Å². The molecule has 0 aliphatic carbocycles. The van der Waals surface area contributed by atoms with E-state index in [-0.39, 0.29) is 0 Å². The summed E-state index contributed by atoms with van der Waals surface area (Å²) in [6, 6.07) is 6.50. The zero-order valence-electron chi connectivity index (χ0n) is 6.80. The minimum atomic E-state index is 1.36. The van der Waals surface area contributed by atoms with Gasteiger partial charge in [-0.25, -0.2) is 0 Å². The molecule has 0 bridgehead atoms. The van der Waals surface area contributed by atoms with Crippen LogP contribution in [0.5, 0.6) is 0 Å². The van der Waals surface area contributed by atoms with Gasteiger partial charge in [-0.3, -0.25) is 0 Å². The summed E-state index contributed by atoms with van der Waals surface area (Å²) < 4.78 is 5.62. The van der Waals surface area contributed by atoms with Gasteiger partial charge in [0.2, 0.25) is 0 Å². The average Bonchev–Trinajstić information content (AvgIpc) is 2.45. The number of hydrogen-bond acceptors (Lipinski definition) is 2. The van der Waals surface area contributed by atoms with E-state index in [2.05, 4.69) is 69.6 Å². The van der Waals surface area contributed by atoms with E-state index in [4.69, 9.17) is 0 Å². The van der Waals surface area contributed by atoms with E-state index in [9.17, 15) is 0 Å². The fourth-order valence-electron chi connectivity index (χ4n) is 1.16. The SMILES string of the molecule is CSc1sc2c(I)cccc2c1I. The lowest BCUT2D eigenvalue weighted by Crippen LogP contribution is -1.71. The molecule has 0 saturated heterocycles. The van der Waals surface area contributed by atoms with E-state index in [1.165, 1.54) is 21.4 Å². The van der Waals surface area contributed by atoms with Crippen LogP contribution in [-0.2, 0) is 0 Å². The molecule has 0 aliphatic rings. The van der Waals surface area contributed by atoms with Crippen LogP contribution in [0, 0.1) is 7.14 Å². The monoisotopic (exact) mass is 432 g/mol. The highest BCUT2D eigenvalue weighted by Crippen LogP contribution is 2.39. The summed E-state index contributed by atoms with van der Waals surface area (Å²) in [5.41, 5.74) is 0. The van der Waals surface area contributed by atoms with Crippen LogP contribution in [-0.4, -0.2) is 6.26 Å². The van der Waals surface area contributed by atoms with Crippen LogP contribution in [0.1, 0.15) is 0 Å².